The summed E-state index contributed by atoms with van der Waals surface area (Å²) in [6.45, 7) is 7.22. The first-order chi connectivity index (χ1) is 29.2. The van der Waals surface area contributed by atoms with Crippen LogP contribution in [0.4, 0.5) is 18.0 Å². The fraction of sp³-hybridized carbons (Fsp3) is 0.585. The van der Waals surface area contributed by atoms with E-state index in [1.54, 1.807) is 25.3 Å². The first-order valence-electron chi connectivity index (χ1n) is 19.7. The van der Waals surface area contributed by atoms with Crippen molar-refractivity contribution >= 4 is 22.8 Å². The maximum absolute atomic E-state index is 13.6. The Bertz CT molecular complexity index is 1760. The molecule has 0 radical (unpaired) electrons. The molecule has 1 aliphatic heterocycles. The number of ether oxygens (including phenoxy) is 11. The van der Waals surface area contributed by atoms with Crippen LogP contribution in [0, 0.1) is 0 Å². The molecule has 0 saturated carbocycles. The van der Waals surface area contributed by atoms with E-state index < -0.39 is 35.4 Å². The molecule has 1 saturated heterocycles. The maximum Gasteiger partial charge on any atom is 0.508 e. The van der Waals surface area contributed by atoms with Crippen LogP contribution in [0.2, 0.25) is 0 Å². The summed E-state index contributed by atoms with van der Waals surface area (Å²) in [5.41, 5.74) is -1.03. The van der Waals surface area contributed by atoms with E-state index in [2.05, 4.69) is 10.3 Å². The van der Waals surface area contributed by atoms with E-state index in [0.29, 0.717) is 110 Å². The highest BCUT2D eigenvalue weighted by Gasteiger charge is 2.35. The topological polar surface area (TPSA) is 181 Å². The largest absolute Gasteiger partial charge is 0.508 e. The zero-order chi connectivity index (χ0) is 42.8. The Morgan fingerprint density at radius 3 is 1.67 bits per heavy atom. The molecule has 2 atom stereocenters. The Morgan fingerprint density at radius 2 is 1.15 bits per heavy atom. The van der Waals surface area contributed by atoms with Crippen molar-refractivity contribution in [2.75, 3.05) is 133 Å². The van der Waals surface area contributed by atoms with Gasteiger partial charge in [-0.05, 0) is 35.6 Å². The lowest BCUT2D eigenvalue weighted by Gasteiger charge is -2.14. The fourth-order valence-corrected chi connectivity index (χ4v) is 5.93. The van der Waals surface area contributed by atoms with Crippen LogP contribution in [-0.2, 0) is 63.1 Å². The van der Waals surface area contributed by atoms with Gasteiger partial charge in [-0.25, -0.2) is 4.79 Å². The van der Waals surface area contributed by atoms with Crippen LogP contribution in [0.25, 0.3) is 22.0 Å². The number of rotatable bonds is 31. The second-order valence-corrected chi connectivity index (χ2v) is 13.2. The number of aromatic nitrogens is 1. The number of halogens is 3. The van der Waals surface area contributed by atoms with E-state index in [9.17, 15) is 27.6 Å². The van der Waals surface area contributed by atoms with Crippen LogP contribution in [-0.4, -0.2) is 156 Å². The lowest BCUT2D eigenvalue weighted by atomic mass is 9.93. The predicted octanol–water partition coefficient (Wildman–Crippen LogP) is 4.12. The number of fused-ring (bicyclic) bond motifs is 1. The number of hydrogen-bond donors (Lipinski definition) is 2. The number of pyridine rings is 1. The number of carbonyl (C=O) groups excluding carboxylic acids is 2. The van der Waals surface area contributed by atoms with E-state index in [4.69, 9.17) is 52.1 Å². The van der Waals surface area contributed by atoms with Gasteiger partial charge in [0.05, 0.1) is 130 Å². The molecule has 2 heterocycles. The molecule has 334 valence electrons. The van der Waals surface area contributed by atoms with Gasteiger partial charge in [0.1, 0.15) is 13.2 Å². The van der Waals surface area contributed by atoms with E-state index in [1.165, 1.54) is 24.3 Å². The van der Waals surface area contributed by atoms with E-state index in [1.807, 2.05) is 0 Å². The highest BCUT2D eigenvalue weighted by Crippen LogP contribution is 2.37. The quantitative estimate of drug-likeness (QED) is 0.0697. The number of alkyl halides is 3. The van der Waals surface area contributed by atoms with Gasteiger partial charge in [-0.2, -0.15) is 13.2 Å². The molecule has 1 aliphatic rings. The summed E-state index contributed by atoms with van der Waals surface area (Å²) in [6.07, 6.45) is -5.23. The van der Waals surface area contributed by atoms with Gasteiger partial charge in [-0.3, -0.25) is 9.59 Å². The maximum atomic E-state index is 13.6. The van der Waals surface area contributed by atoms with Crippen LogP contribution in [0.15, 0.2) is 53.3 Å². The molecule has 1 aromatic heterocycles. The Morgan fingerprint density at radius 1 is 0.650 bits per heavy atom. The van der Waals surface area contributed by atoms with E-state index >= 15 is 0 Å². The summed E-state index contributed by atoms with van der Waals surface area (Å²) in [5.74, 6) is -0.945. The van der Waals surface area contributed by atoms with Gasteiger partial charge in [-0.15, -0.1) is 0 Å². The van der Waals surface area contributed by atoms with Gasteiger partial charge in [-0.1, -0.05) is 30.3 Å². The molecule has 0 bridgehead atoms. The summed E-state index contributed by atoms with van der Waals surface area (Å²) >= 11 is 0. The molecule has 0 spiro atoms. The first kappa shape index (κ1) is 48.5. The third-order valence-electron chi connectivity index (χ3n) is 8.86. The van der Waals surface area contributed by atoms with E-state index in [0.717, 1.165) is 6.07 Å². The molecule has 4 rings (SSSR count). The van der Waals surface area contributed by atoms with Crippen LogP contribution in [0.3, 0.4) is 0 Å². The summed E-state index contributed by atoms with van der Waals surface area (Å²) in [7, 11) is 1.63. The van der Waals surface area contributed by atoms with E-state index in [-0.39, 0.29) is 55.4 Å². The number of H-pyrrole nitrogens is 1. The minimum Gasteiger partial charge on any atom is -0.432 e. The van der Waals surface area contributed by atoms with Crippen molar-refractivity contribution in [2.24, 2.45) is 0 Å². The molecule has 60 heavy (non-hydrogen) atoms. The summed E-state index contributed by atoms with van der Waals surface area (Å²) in [5, 5.41) is 3.42. The number of nitrogens with one attached hydrogen (secondary N) is 2. The number of benzene rings is 2. The molecule has 1 fully saturated rings. The smallest absolute Gasteiger partial charge is 0.432 e. The monoisotopic (exact) mass is 856 g/mol. The van der Waals surface area contributed by atoms with Crippen LogP contribution in [0.5, 0.6) is 0 Å². The van der Waals surface area contributed by atoms with Crippen molar-refractivity contribution in [1.82, 2.24) is 10.3 Å². The summed E-state index contributed by atoms with van der Waals surface area (Å²) in [6, 6.07) is 10.8. The Kier molecular flexibility index (Phi) is 22.3. The van der Waals surface area contributed by atoms with Gasteiger partial charge in [0, 0.05) is 23.8 Å². The third-order valence-corrected chi connectivity index (χ3v) is 8.86. The summed E-state index contributed by atoms with van der Waals surface area (Å²) < 4.78 is 99.2. The predicted molar refractivity (Wildman–Crippen MR) is 210 cm³/mol. The second kappa shape index (κ2) is 27.6. The molecule has 16 nitrogen and oxygen atoms in total. The minimum absolute atomic E-state index is 0.0279. The second-order valence-electron chi connectivity index (χ2n) is 13.2. The lowest BCUT2D eigenvalue weighted by molar-refractivity contribution is -0.137. The highest BCUT2D eigenvalue weighted by atomic mass is 19.4. The van der Waals surface area contributed by atoms with Crippen LogP contribution in [0.1, 0.15) is 23.5 Å². The molecule has 1 amide bonds. The standard InChI is InChI=1S/C41H55F3N2O14/c1-50-8-9-51-10-11-52-12-13-53-14-15-54-16-17-55-18-19-56-20-21-57-22-23-58-24-25-59-40(49)60-29-32-28-35(38(47)45-32)30-6-7-31-27-37(46-39(48)34(31)26-30)33-4-2-3-5-36(33)41(42,43)44/h2-7,26-27,32,35H,8-25,28-29H2,1H3,(H,45,47)(H,46,48)/t32?,35-/m0/s1. The molecule has 3 aromatic rings. The third kappa shape index (κ3) is 17.8. The van der Waals surface area contributed by atoms with Gasteiger partial charge in [0.25, 0.3) is 5.56 Å². The van der Waals surface area contributed by atoms with Crippen molar-refractivity contribution in [2.45, 2.75) is 24.6 Å². The minimum atomic E-state index is -4.60. The number of amides is 1. The Labute approximate surface area is 346 Å². The molecule has 0 aliphatic carbocycles. The van der Waals surface area contributed by atoms with Gasteiger partial charge < -0.3 is 62.4 Å². The zero-order valence-corrected chi connectivity index (χ0v) is 33.8. The molecular weight excluding hydrogens is 801 g/mol. The van der Waals surface area contributed by atoms with Crippen molar-refractivity contribution < 1.29 is 74.9 Å². The van der Waals surface area contributed by atoms with Crippen LogP contribution < -0.4 is 10.9 Å². The normalized spacial score (nSPS) is 15.4. The molecule has 1 unspecified atom stereocenters. The SMILES string of the molecule is COCCOCCOCCOCCOCCOCCOCCOCCOCCOC(=O)OCC1C[C@@H](c2ccc3cc(-c4ccccc4C(F)(F)F)[nH]c(=O)c3c2)C(=O)N1. The van der Waals surface area contributed by atoms with Crippen molar-refractivity contribution in [3.63, 3.8) is 0 Å². The highest BCUT2D eigenvalue weighted by molar-refractivity contribution is 5.90. The van der Waals surface area contributed by atoms with Crippen molar-refractivity contribution in [1.29, 1.82) is 0 Å². The molecular formula is C41H55F3N2O14. The molecule has 2 aromatic carbocycles. The number of methoxy groups -OCH3 is 1. The first-order valence-corrected chi connectivity index (χ1v) is 19.7. The summed E-state index contributed by atoms with van der Waals surface area (Å²) in [4.78, 5) is 40.4. The number of carbonyl (C=O) groups is 2. The number of aromatic amines is 1. The van der Waals surface area contributed by atoms with Gasteiger partial charge in [0.2, 0.25) is 5.91 Å². The molecule has 19 heteroatoms. The fourth-order valence-electron chi connectivity index (χ4n) is 5.93. The average molecular weight is 857 g/mol. The van der Waals surface area contributed by atoms with Crippen molar-refractivity contribution in [3.8, 4) is 11.3 Å². The Balaban J connectivity index is 0.952. The average Bonchev–Trinajstić information content (AvgIpc) is 3.62. The van der Waals surface area contributed by atoms with Gasteiger partial charge in [0.15, 0.2) is 0 Å². The molecule has 2 N–H and O–H groups in total. The van der Waals surface area contributed by atoms with Gasteiger partial charge >= 0.3 is 12.3 Å². The Hall–Kier alpha value is -4.18. The van der Waals surface area contributed by atoms with Crippen molar-refractivity contribution in [3.05, 3.63) is 70.0 Å². The lowest BCUT2D eigenvalue weighted by Crippen LogP contribution is -2.31. The number of hydrogen-bond acceptors (Lipinski definition) is 14. The zero-order valence-electron chi connectivity index (χ0n) is 33.8. The van der Waals surface area contributed by atoms with Crippen LogP contribution >= 0.6 is 0 Å².